The number of carbonyl (C=O) groups is 1. The molecule has 1 saturated heterocycles. The number of carboxylic acid groups (broad SMARTS) is 1. The van der Waals surface area contributed by atoms with Crippen LogP contribution >= 0.6 is 11.8 Å². The molecule has 0 amide bonds. The van der Waals surface area contributed by atoms with Gasteiger partial charge in [-0.2, -0.15) is 16.1 Å². The minimum Gasteiger partial charge on any atom is -0.478 e. The molecule has 7 heteroatoms. The molecule has 0 aromatic heterocycles. The summed E-state index contributed by atoms with van der Waals surface area (Å²) in [6.45, 7) is 6.04. The molecule has 1 aromatic carbocycles. The Morgan fingerprint density at radius 1 is 1.38 bits per heavy atom. The topological polar surface area (TPSA) is 74.7 Å². The SMILES string of the molecule is Cc1ccc(C(=O)O)cc1S(=O)(=O)N1CCSC(C)C1C. The van der Waals surface area contributed by atoms with Crippen molar-refractivity contribution in [1.29, 1.82) is 0 Å². The maximum absolute atomic E-state index is 12.9. The van der Waals surface area contributed by atoms with Crippen molar-refractivity contribution in [3.05, 3.63) is 29.3 Å². The predicted molar refractivity (Wildman–Crippen MR) is 83.4 cm³/mol. The molecule has 116 valence electrons. The first-order chi connectivity index (χ1) is 9.75. The molecule has 2 atom stereocenters. The van der Waals surface area contributed by atoms with E-state index in [9.17, 15) is 13.2 Å². The number of benzene rings is 1. The molecule has 2 rings (SSSR count). The molecule has 0 saturated carbocycles. The fraction of sp³-hybridized carbons (Fsp3) is 0.500. The Morgan fingerprint density at radius 2 is 2.05 bits per heavy atom. The van der Waals surface area contributed by atoms with E-state index >= 15 is 0 Å². The van der Waals surface area contributed by atoms with Crippen molar-refractivity contribution < 1.29 is 18.3 Å². The van der Waals surface area contributed by atoms with Gasteiger partial charge < -0.3 is 5.11 Å². The molecule has 0 spiro atoms. The summed E-state index contributed by atoms with van der Waals surface area (Å²) < 4.78 is 27.2. The average Bonchev–Trinajstić information content (AvgIpc) is 2.41. The van der Waals surface area contributed by atoms with Gasteiger partial charge in [0.15, 0.2) is 0 Å². The summed E-state index contributed by atoms with van der Waals surface area (Å²) in [5, 5.41) is 9.28. The molecule has 0 bridgehead atoms. The number of carboxylic acids is 1. The second-order valence-corrected chi connectivity index (χ2v) is 8.56. The van der Waals surface area contributed by atoms with Gasteiger partial charge in [0.25, 0.3) is 0 Å². The Balaban J connectivity index is 2.48. The van der Waals surface area contributed by atoms with Gasteiger partial charge in [0.1, 0.15) is 0 Å². The highest BCUT2D eigenvalue weighted by molar-refractivity contribution is 8.00. The monoisotopic (exact) mass is 329 g/mol. The molecule has 2 unspecified atom stereocenters. The van der Waals surface area contributed by atoms with Crippen molar-refractivity contribution in [2.75, 3.05) is 12.3 Å². The number of nitrogens with zero attached hydrogens (tertiary/aromatic N) is 1. The molecule has 5 nitrogen and oxygen atoms in total. The fourth-order valence-electron chi connectivity index (χ4n) is 2.38. The second kappa shape index (κ2) is 5.98. The van der Waals surface area contributed by atoms with Crippen LogP contribution in [0.2, 0.25) is 0 Å². The van der Waals surface area contributed by atoms with E-state index in [0.29, 0.717) is 12.1 Å². The van der Waals surface area contributed by atoms with Crippen LogP contribution in [0.3, 0.4) is 0 Å². The molecule has 1 fully saturated rings. The lowest BCUT2D eigenvalue weighted by molar-refractivity contribution is 0.0696. The van der Waals surface area contributed by atoms with Crippen LogP contribution in [0.25, 0.3) is 0 Å². The van der Waals surface area contributed by atoms with E-state index in [0.717, 1.165) is 5.75 Å². The average molecular weight is 329 g/mol. The van der Waals surface area contributed by atoms with Gasteiger partial charge >= 0.3 is 5.97 Å². The van der Waals surface area contributed by atoms with Crippen LogP contribution in [-0.4, -0.2) is 47.4 Å². The van der Waals surface area contributed by atoms with Crippen LogP contribution in [-0.2, 0) is 10.0 Å². The number of hydrogen-bond acceptors (Lipinski definition) is 4. The summed E-state index contributed by atoms with van der Waals surface area (Å²) in [5.41, 5.74) is 0.560. The number of sulfonamides is 1. The highest BCUT2D eigenvalue weighted by Crippen LogP contribution is 2.30. The van der Waals surface area contributed by atoms with Gasteiger partial charge in [0.05, 0.1) is 10.5 Å². The van der Waals surface area contributed by atoms with Gasteiger partial charge in [-0.1, -0.05) is 13.0 Å². The third-order valence-corrected chi connectivity index (χ3v) is 7.31. The maximum Gasteiger partial charge on any atom is 0.335 e. The van der Waals surface area contributed by atoms with Gasteiger partial charge in [-0.3, -0.25) is 0 Å². The third-order valence-electron chi connectivity index (χ3n) is 3.85. The van der Waals surface area contributed by atoms with E-state index in [1.807, 2.05) is 13.8 Å². The molecule has 21 heavy (non-hydrogen) atoms. The van der Waals surface area contributed by atoms with Crippen molar-refractivity contribution in [1.82, 2.24) is 4.31 Å². The van der Waals surface area contributed by atoms with Gasteiger partial charge in [0, 0.05) is 23.6 Å². The molecule has 1 heterocycles. The Labute approximate surface area is 129 Å². The molecule has 1 aromatic rings. The zero-order chi connectivity index (χ0) is 15.8. The lowest BCUT2D eigenvalue weighted by atomic mass is 10.1. The van der Waals surface area contributed by atoms with E-state index in [1.165, 1.54) is 16.4 Å². The minimum atomic E-state index is -3.67. The summed E-state index contributed by atoms with van der Waals surface area (Å²) in [5.74, 6) is -0.371. The molecule has 1 aliphatic rings. The number of aryl methyl sites for hydroxylation is 1. The third kappa shape index (κ3) is 3.09. The standard InChI is InChI=1S/C14H19NO4S2/c1-9-4-5-12(14(16)17)8-13(9)21(18,19)15-6-7-20-11(3)10(15)2/h4-5,8,10-11H,6-7H2,1-3H3,(H,16,17). The Bertz CT molecular complexity index is 657. The number of aromatic carboxylic acids is 1. The van der Waals surface area contributed by atoms with Crippen molar-refractivity contribution in [2.24, 2.45) is 0 Å². The lowest BCUT2D eigenvalue weighted by Gasteiger charge is -2.36. The molecular weight excluding hydrogens is 310 g/mol. The van der Waals surface area contributed by atoms with E-state index in [4.69, 9.17) is 5.11 Å². The number of hydrogen-bond donors (Lipinski definition) is 1. The largest absolute Gasteiger partial charge is 0.478 e. The van der Waals surface area contributed by atoms with Gasteiger partial charge in [-0.25, -0.2) is 13.2 Å². The van der Waals surface area contributed by atoms with Crippen LogP contribution < -0.4 is 0 Å². The fourth-order valence-corrected chi connectivity index (χ4v) is 5.63. The van der Waals surface area contributed by atoms with Crippen molar-refractivity contribution >= 4 is 27.8 Å². The Hall–Kier alpha value is -1.05. The summed E-state index contributed by atoms with van der Waals surface area (Å²) in [6, 6.07) is 4.12. The first kappa shape index (κ1) is 16.3. The van der Waals surface area contributed by atoms with Gasteiger partial charge in [0.2, 0.25) is 10.0 Å². The molecule has 1 aliphatic heterocycles. The summed E-state index contributed by atoms with van der Waals surface area (Å²) in [4.78, 5) is 11.2. The Morgan fingerprint density at radius 3 is 2.67 bits per heavy atom. The molecular formula is C14H19NO4S2. The van der Waals surface area contributed by atoms with Crippen LogP contribution in [0.15, 0.2) is 23.1 Å². The van der Waals surface area contributed by atoms with E-state index in [-0.39, 0.29) is 21.8 Å². The van der Waals surface area contributed by atoms with E-state index in [2.05, 4.69) is 0 Å². The van der Waals surface area contributed by atoms with Crippen molar-refractivity contribution in [2.45, 2.75) is 37.0 Å². The summed E-state index contributed by atoms with van der Waals surface area (Å²) in [6.07, 6.45) is 0. The molecule has 0 radical (unpaired) electrons. The summed E-state index contributed by atoms with van der Waals surface area (Å²) >= 11 is 1.75. The Kier molecular flexibility index (Phi) is 4.65. The quantitative estimate of drug-likeness (QED) is 0.920. The van der Waals surface area contributed by atoms with Crippen LogP contribution in [0.4, 0.5) is 0 Å². The van der Waals surface area contributed by atoms with Crippen molar-refractivity contribution in [3.63, 3.8) is 0 Å². The lowest BCUT2D eigenvalue weighted by Crippen LogP contribution is -2.47. The number of rotatable bonds is 3. The van der Waals surface area contributed by atoms with Crippen LogP contribution in [0, 0.1) is 6.92 Å². The summed E-state index contributed by atoms with van der Waals surface area (Å²) in [7, 11) is -3.67. The van der Waals surface area contributed by atoms with Gasteiger partial charge in [-0.15, -0.1) is 0 Å². The number of thioether (sulfide) groups is 1. The second-order valence-electron chi connectivity index (χ2n) is 5.22. The van der Waals surface area contributed by atoms with Crippen molar-refractivity contribution in [3.8, 4) is 0 Å². The first-order valence-corrected chi connectivity index (χ1v) is 9.21. The highest BCUT2D eigenvalue weighted by atomic mass is 32.2. The van der Waals surface area contributed by atoms with Crippen LogP contribution in [0.5, 0.6) is 0 Å². The first-order valence-electron chi connectivity index (χ1n) is 6.72. The molecule has 1 N–H and O–H groups in total. The minimum absolute atomic E-state index is 0.00809. The zero-order valence-electron chi connectivity index (χ0n) is 12.2. The smallest absolute Gasteiger partial charge is 0.335 e. The van der Waals surface area contributed by atoms with Crippen LogP contribution in [0.1, 0.15) is 29.8 Å². The predicted octanol–water partition coefficient (Wildman–Crippen LogP) is 2.21. The molecule has 0 aliphatic carbocycles. The normalized spacial score (nSPS) is 24.0. The zero-order valence-corrected chi connectivity index (χ0v) is 13.9. The van der Waals surface area contributed by atoms with E-state index < -0.39 is 16.0 Å². The van der Waals surface area contributed by atoms with E-state index in [1.54, 1.807) is 24.8 Å². The van der Waals surface area contributed by atoms with Gasteiger partial charge in [-0.05, 0) is 31.5 Å². The maximum atomic E-state index is 12.9. The highest BCUT2D eigenvalue weighted by Gasteiger charge is 2.35.